The Morgan fingerprint density at radius 2 is 1.60 bits per heavy atom. The third-order valence-electron chi connectivity index (χ3n) is 7.15. The van der Waals surface area contributed by atoms with Crippen LogP contribution in [0.1, 0.15) is 72.0 Å². The number of nitrogens with two attached hydrogens (primary N) is 1. The molecule has 226 valence electrons. The molecule has 4 rings (SSSR count). The molecule has 5 N–H and O–H groups in total. The van der Waals surface area contributed by atoms with Gasteiger partial charge in [-0.1, -0.05) is 60.8 Å². The zero-order chi connectivity index (χ0) is 30.8. The molecule has 0 unspecified atom stereocenters. The van der Waals surface area contributed by atoms with E-state index in [2.05, 4.69) is 37.8 Å². The van der Waals surface area contributed by atoms with E-state index in [1.165, 1.54) is 49.8 Å². The first-order valence-corrected chi connectivity index (χ1v) is 14.0. The van der Waals surface area contributed by atoms with Crippen LogP contribution in [0.15, 0.2) is 83.1 Å². The van der Waals surface area contributed by atoms with Crippen LogP contribution in [0.3, 0.4) is 0 Å². The van der Waals surface area contributed by atoms with Crippen LogP contribution < -0.4 is 26.0 Å². The fraction of sp³-hybridized carbons (Fsp3) is 0.323. The molecule has 0 aromatic heterocycles. The zero-order valence-electron chi connectivity index (χ0n) is 23.9. The molecular formula is C31H35F2N7O3. The molecule has 10 nitrogen and oxygen atoms in total. The maximum atomic E-state index is 13.5. The highest BCUT2D eigenvalue weighted by Gasteiger charge is 2.23. The minimum atomic E-state index is -3.29. The summed E-state index contributed by atoms with van der Waals surface area (Å²) in [4.78, 5) is 27.5. The van der Waals surface area contributed by atoms with Crippen molar-refractivity contribution in [3.05, 3.63) is 95.1 Å². The molecule has 0 aliphatic heterocycles. The fourth-order valence-corrected chi connectivity index (χ4v) is 5.01. The third-order valence-corrected chi connectivity index (χ3v) is 7.15. The number of amides is 3. The molecule has 3 aromatic carbocycles. The maximum Gasteiger partial charge on any atom is 0.394 e. The Kier molecular flexibility index (Phi) is 10.4. The van der Waals surface area contributed by atoms with Crippen LogP contribution in [-0.4, -0.2) is 24.0 Å². The van der Waals surface area contributed by atoms with Gasteiger partial charge in [0.2, 0.25) is 5.96 Å². The molecule has 1 saturated carbocycles. The number of guanidine groups is 1. The van der Waals surface area contributed by atoms with Gasteiger partial charge in [0.05, 0.1) is 6.54 Å². The van der Waals surface area contributed by atoms with Gasteiger partial charge in [0, 0.05) is 24.7 Å². The van der Waals surface area contributed by atoms with Gasteiger partial charge < -0.3 is 15.8 Å². The number of nitrogens with one attached hydrogen (secondary N) is 3. The topological polar surface area (TPSA) is 145 Å². The second-order valence-corrected chi connectivity index (χ2v) is 10.5. The molecule has 0 heterocycles. The number of nitrogens with zero attached hydrogens (tertiary/aromatic N) is 3. The Hall–Kier alpha value is -4.87. The number of hydrogen-bond donors (Lipinski definition) is 4. The van der Waals surface area contributed by atoms with Gasteiger partial charge in [-0.2, -0.15) is 14.3 Å². The van der Waals surface area contributed by atoms with Crippen LogP contribution in [0, 0.1) is 5.53 Å². The second kappa shape index (κ2) is 14.3. The fourth-order valence-electron chi connectivity index (χ4n) is 5.01. The summed E-state index contributed by atoms with van der Waals surface area (Å²) in [6.07, 6.45) is 2.76. The molecule has 0 radical (unpaired) electrons. The second-order valence-electron chi connectivity index (χ2n) is 10.5. The molecule has 1 fully saturated rings. The third kappa shape index (κ3) is 9.32. The number of benzene rings is 3. The van der Waals surface area contributed by atoms with Crippen LogP contribution in [0.2, 0.25) is 0 Å². The molecular weight excluding hydrogens is 556 g/mol. The van der Waals surface area contributed by atoms with Gasteiger partial charge in [0.15, 0.2) is 0 Å². The molecule has 3 amide bonds. The SMILES string of the molecule is CC(F)(F)Oc1ccc(CNC(=O)N(Cc2ccc(C(=O)NC(N)=NN=N)cc2)c2ccc(C3CCCCC3)cc2)cc1. The lowest BCUT2D eigenvalue weighted by Crippen LogP contribution is -2.39. The number of carbonyl (C=O) groups excluding carboxylic acids is 2. The molecule has 3 aromatic rings. The van der Waals surface area contributed by atoms with Gasteiger partial charge in [0.1, 0.15) is 5.75 Å². The van der Waals surface area contributed by atoms with E-state index in [0.29, 0.717) is 29.7 Å². The molecule has 0 spiro atoms. The number of carbonyl (C=O) groups is 2. The summed E-state index contributed by atoms with van der Waals surface area (Å²) in [7, 11) is 0. The quantitative estimate of drug-likeness (QED) is 0.0907. The van der Waals surface area contributed by atoms with Crippen LogP contribution in [0.25, 0.3) is 0 Å². The Morgan fingerprint density at radius 1 is 0.977 bits per heavy atom. The van der Waals surface area contributed by atoms with Crippen LogP contribution in [0.4, 0.5) is 19.3 Å². The maximum absolute atomic E-state index is 13.5. The lowest BCUT2D eigenvalue weighted by atomic mass is 9.84. The van der Waals surface area contributed by atoms with Crippen molar-refractivity contribution in [2.75, 3.05) is 4.90 Å². The van der Waals surface area contributed by atoms with Crippen molar-refractivity contribution < 1.29 is 23.1 Å². The molecule has 0 atom stereocenters. The summed E-state index contributed by atoms with van der Waals surface area (Å²) in [5.74, 6) is -0.254. The van der Waals surface area contributed by atoms with Gasteiger partial charge in [-0.15, -0.1) is 0 Å². The average molecular weight is 592 g/mol. The smallest absolute Gasteiger partial charge is 0.394 e. The van der Waals surface area contributed by atoms with Crippen LogP contribution in [0.5, 0.6) is 5.75 Å². The van der Waals surface area contributed by atoms with Crippen molar-refractivity contribution in [3.63, 3.8) is 0 Å². The van der Waals surface area contributed by atoms with E-state index >= 15 is 0 Å². The van der Waals surface area contributed by atoms with E-state index in [0.717, 1.165) is 5.56 Å². The first-order valence-electron chi connectivity index (χ1n) is 14.0. The standard InChI is InChI=1S/C31H35F2N7O3/c1-31(32,33)43-27-17-9-21(10-18-27)19-36-30(42)40(26-15-13-24(14-16-26)23-5-3-2-4-6-23)20-22-7-11-25(12-8-22)28(41)37-29(34)38-39-35/h7-18,23H,2-6,19-20H2,1H3,(H,36,42)(H4,34,35,37,38,41). The Balaban J connectivity index is 1.49. The lowest BCUT2D eigenvalue weighted by molar-refractivity contribution is -0.158. The number of alkyl halides is 2. The number of anilines is 1. The van der Waals surface area contributed by atoms with Crippen LogP contribution in [-0.2, 0) is 13.1 Å². The monoisotopic (exact) mass is 591 g/mol. The Morgan fingerprint density at radius 3 is 2.21 bits per heavy atom. The first kappa shape index (κ1) is 31.1. The highest BCUT2D eigenvalue weighted by atomic mass is 19.3. The van der Waals surface area contributed by atoms with E-state index < -0.39 is 12.0 Å². The summed E-state index contributed by atoms with van der Waals surface area (Å²) in [5.41, 5.74) is 16.0. The molecule has 1 aliphatic rings. The highest BCUT2D eigenvalue weighted by Crippen LogP contribution is 2.33. The summed E-state index contributed by atoms with van der Waals surface area (Å²) < 4.78 is 30.8. The van der Waals surface area contributed by atoms with Gasteiger partial charge in [0.25, 0.3) is 5.91 Å². The van der Waals surface area contributed by atoms with Crippen molar-refractivity contribution >= 4 is 23.6 Å². The number of halogens is 2. The molecule has 0 bridgehead atoms. The van der Waals surface area contributed by atoms with Gasteiger partial charge in [-0.3, -0.25) is 15.0 Å². The van der Waals surface area contributed by atoms with E-state index in [1.807, 2.05) is 12.1 Å². The number of hydrogen-bond acceptors (Lipinski definition) is 5. The van der Waals surface area contributed by atoms with Crippen molar-refractivity contribution in [2.45, 2.75) is 64.1 Å². The molecule has 0 saturated heterocycles. The van der Waals surface area contributed by atoms with Crippen molar-refractivity contribution in [1.82, 2.24) is 10.6 Å². The molecule has 1 aliphatic carbocycles. The Bertz CT molecular complexity index is 1420. The number of urea groups is 1. The highest BCUT2D eigenvalue weighted by molar-refractivity contribution is 6.05. The molecule has 12 heteroatoms. The van der Waals surface area contributed by atoms with E-state index in [9.17, 15) is 18.4 Å². The lowest BCUT2D eigenvalue weighted by Gasteiger charge is -2.26. The van der Waals surface area contributed by atoms with Gasteiger partial charge >= 0.3 is 12.1 Å². The van der Waals surface area contributed by atoms with E-state index in [4.69, 9.17) is 11.3 Å². The predicted molar refractivity (Wildman–Crippen MR) is 159 cm³/mol. The predicted octanol–water partition coefficient (Wildman–Crippen LogP) is 6.63. The number of ether oxygens (including phenoxy) is 1. The van der Waals surface area contributed by atoms with E-state index in [1.54, 1.807) is 41.3 Å². The minimum absolute atomic E-state index is 0.0285. The van der Waals surface area contributed by atoms with Crippen molar-refractivity contribution in [2.24, 2.45) is 16.1 Å². The summed E-state index contributed by atoms with van der Waals surface area (Å²) in [6, 6.07) is 20.5. The number of rotatable bonds is 10. The normalized spacial score (nSPS) is 14.1. The van der Waals surface area contributed by atoms with Crippen molar-refractivity contribution in [1.29, 1.82) is 5.53 Å². The minimum Gasteiger partial charge on any atom is -0.433 e. The van der Waals surface area contributed by atoms with Crippen LogP contribution >= 0.6 is 0 Å². The Labute approximate surface area is 248 Å². The van der Waals surface area contributed by atoms with Gasteiger partial charge in [-0.05, 0) is 77.1 Å². The molecule has 43 heavy (non-hydrogen) atoms. The summed E-state index contributed by atoms with van der Waals surface area (Å²) >= 11 is 0. The van der Waals surface area contributed by atoms with Gasteiger partial charge in [-0.25, -0.2) is 4.79 Å². The average Bonchev–Trinajstić information content (AvgIpc) is 2.99. The first-order chi connectivity index (χ1) is 20.6. The summed E-state index contributed by atoms with van der Waals surface area (Å²) in [6.45, 7) is 1.06. The van der Waals surface area contributed by atoms with Crippen molar-refractivity contribution in [3.8, 4) is 5.75 Å². The summed E-state index contributed by atoms with van der Waals surface area (Å²) in [5, 5.41) is 11.3. The van der Waals surface area contributed by atoms with E-state index in [-0.39, 0.29) is 30.8 Å². The zero-order valence-corrected chi connectivity index (χ0v) is 23.9. The largest absolute Gasteiger partial charge is 0.433 e.